The number of rotatable bonds is 16. The summed E-state index contributed by atoms with van der Waals surface area (Å²) in [4.78, 5) is 92.8. The molecule has 0 aliphatic carbocycles. The molecule has 354 valence electrons. The minimum Gasteiger partial charge on any atom is -0.444 e. The zero-order valence-corrected chi connectivity index (χ0v) is 40.5. The molecule has 4 aromatic rings. The Morgan fingerprint density at radius 3 is 2.23 bits per heavy atom. The van der Waals surface area contributed by atoms with Crippen LogP contribution in [0.2, 0.25) is 0 Å². The quantitative estimate of drug-likeness (QED) is 0.0759. The average molecular weight is 943 g/mol. The number of aromatic nitrogens is 2. The van der Waals surface area contributed by atoms with Crippen LogP contribution in [-0.2, 0) is 38.6 Å². The molecule has 2 aliphatic heterocycles. The maximum Gasteiger partial charge on any atom is 0.410 e. The number of nitrogens with one attached hydrogen (secondary N) is 4. The van der Waals surface area contributed by atoms with Gasteiger partial charge in [0, 0.05) is 61.4 Å². The van der Waals surface area contributed by atoms with Crippen molar-refractivity contribution in [2.45, 2.75) is 130 Å². The SMILES string of the molecule is Cc1ncsc1-c1ccc(CNC(=O)[C@H]2C[C@H](O)CN2C(=O)[C@@H](NC(=O)CCCCCCNC(=O)c2ccc(C(=O)Nc3nc4c(s3)CN(C(=O)OC(C)(C)C)CC4)cc2)C(C)(C)C)cc1. The molecule has 1 fully saturated rings. The van der Waals surface area contributed by atoms with Gasteiger partial charge in [0.25, 0.3) is 11.8 Å². The van der Waals surface area contributed by atoms with Crippen molar-refractivity contribution in [2.75, 3.05) is 25.0 Å². The minimum absolute atomic E-state index is 0.00245. The molecule has 66 heavy (non-hydrogen) atoms. The first-order valence-corrected chi connectivity index (χ1v) is 24.2. The zero-order chi connectivity index (χ0) is 47.8. The first-order chi connectivity index (χ1) is 31.3. The van der Waals surface area contributed by atoms with Gasteiger partial charge in [-0.05, 0) is 81.3 Å². The van der Waals surface area contributed by atoms with Gasteiger partial charge in [0.15, 0.2) is 5.13 Å². The van der Waals surface area contributed by atoms with Crippen molar-refractivity contribution in [2.24, 2.45) is 5.41 Å². The van der Waals surface area contributed by atoms with Crippen LogP contribution in [0.25, 0.3) is 10.4 Å². The summed E-state index contributed by atoms with van der Waals surface area (Å²) in [5, 5.41) is 22.6. The third-order valence-electron chi connectivity index (χ3n) is 11.3. The van der Waals surface area contributed by atoms with Crippen LogP contribution in [0.1, 0.15) is 123 Å². The molecular formula is C48H62N8O8S2. The van der Waals surface area contributed by atoms with E-state index in [1.807, 2.05) is 78.2 Å². The molecule has 0 saturated carbocycles. The van der Waals surface area contributed by atoms with Crippen molar-refractivity contribution in [3.63, 3.8) is 0 Å². The van der Waals surface area contributed by atoms with E-state index >= 15 is 0 Å². The van der Waals surface area contributed by atoms with Gasteiger partial charge in [-0.1, -0.05) is 69.2 Å². The van der Waals surface area contributed by atoms with E-state index in [0.29, 0.717) is 55.2 Å². The summed E-state index contributed by atoms with van der Waals surface area (Å²) in [5.74, 6) is -1.67. The molecule has 0 unspecified atom stereocenters. The van der Waals surface area contributed by atoms with Crippen LogP contribution in [0.15, 0.2) is 54.0 Å². The molecule has 2 aromatic carbocycles. The number of aliphatic hydroxyl groups excluding tert-OH is 1. The molecule has 4 heterocycles. The molecule has 0 bridgehead atoms. The number of carbonyl (C=O) groups excluding carboxylic acids is 6. The lowest BCUT2D eigenvalue weighted by Crippen LogP contribution is -2.57. The lowest BCUT2D eigenvalue weighted by Gasteiger charge is -2.35. The summed E-state index contributed by atoms with van der Waals surface area (Å²) >= 11 is 2.89. The van der Waals surface area contributed by atoms with E-state index in [2.05, 4.69) is 31.2 Å². The summed E-state index contributed by atoms with van der Waals surface area (Å²) in [7, 11) is 0. The molecule has 3 atom stereocenters. The van der Waals surface area contributed by atoms with Gasteiger partial charge in [-0.25, -0.2) is 14.8 Å². The predicted molar refractivity (Wildman–Crippen MR) is 254 cm³/mol. The summed E-state index contributed by atoms with van der Waals surface area (Å²) in [5.41, 5.74) is 5.09. The highest BCUT2D eigenvalue weighted by atomic mass is 32.1. The van der Waals surface area contributed by atoms with Gasteiger partial charge in [-0.3, -0.25) is 29.3 Å². The maximum absolute atomic E-state index is 14.0. The van der Waals surface area contributed by atoms with Crippen LogP contribution in [0, 0.1) is 12.3 Å². The van der Waals surface area contributed by atoms with Gasteiger partial charge in [0.2, 0.25) is 17.7 Å². The number of thiazole rings is 2. The number of carbonyl (C=O) groups is 6. The number of ether oxygens (including phenoxy) is 1. The van der Waals surface area contributed by atoms with Crippen LogP contribution in [0.4, 0.5) is 9.93 Å². The number of fused-ring (bicyclic) bond motifs is 1. The highest BCUT2D eigenvalue weighted by Gasteiger charge is 2.44. The number of hydrogen-bond acceptors (Lipinski definition) is 12. The van der Waals surface area contributed by atoms with E-state index < -0.39 is 35.1 Å². The number of benzene rings is 2. The third-order valence-corrected chi connectivity index (χ3v) is 13.3. The number of aryl methyl sites for hydroxylation is 1. The van der Waals surface area contributed by atoms with Crippen LogP contribution in [-0.4, -0.2) is 104 Å². The molecule has 0 spiro atoms. The van der Waals surface area contributed by atoms with E-state index in [4.69, 9.17) is 4.74 Å². The molecule has 1 saturated heterocycles. The molecule has 2 aromatic heterocycles. The standard InChI is InChI=1S/C48H62N8O8S2/c1-29-39(65-28-51-29)31-15-13-30(14-16-31)25-50-43(61)36-24-34(57)26-56(36)44(62)40(47(2,3)4)53-38(58)12-10-8-9-11-22-49-41(59)32-17-19-33(20-18-32)42(60)54-45-52-35-21-23-55(27-37(35)66-45)46(63)64-48(5,6)7/h13-20,28,34,36,40,57H,8-12,21-27H2,1-7H3,(H,49,59)(H,50,61)(H,53,58)(H,52,54,60)/t34-,36+,40+/m0/s1. The van der Waals surface area contributed by atoms with Crippen molar-refractivity contribution in [1.29, 1.82) is 0 Å². The minimum atomic E-state index is -0.907. The van der Waals surface area contributed by atoms with Gasteiger partial charge in [-0.2, -0.15) is 0 Å². The first-order valence-electron chi connectivity index (χ1n) is 22.5. The Labute approximate surface area is 394 Å². The van der Waals surface area contributed by atoms with Gasteiger partial charge in [0.1, 0.15) is 17.7 Å². The largest absolute Gasteiger partial charge is 0.444 e. The molecule has 18 heteroatoms. The number of amides is 6. The van der Waals surface area contributed by atoms with Gasteiger partial charge >= 0.3 is 6.09 Å². The van der Waals surface area contributed by atoms with E-state index in [9.17, 15) is 33.9 Å². The topological polar surface area (TPSA) is 212 Å². The van der Waals surface area contributed by atoms with Crippen LogP contribution in [0.3, 0.4) is 0 Å². The van der Waals surface area contributed by atoms with Crippen molar-refractivity contribution in [3.05, 3.63) is 87.0 Å². The molecule has 5 N–H and O–H groups in total. The number of unbranched alkanes of at least 4 members (excludes halogenated alkanes) is 3. The Bertz CT molecular complexity index is 2370. The zero-order valence-electron chi connectivity index (χ0n) is 38.8. The second kappa shape index (κ2) is 21.7. The molecule has 6 amide bonds. The van der Waals surface area contributed by atoms with Crippen LogP contribution >= 0.6 is 22.7 Å². The number of aliphatic hydroxyl groups is 1. The lowest BCUT2D eigenvalue weighted by atomic mass is 9.85. The fourth-order valence-electron chi connectivity index (χ4n) is 7.76. The highest BCUT2D eigenvalue weighted by molar-refractivity contribution is 7.16. The molecule has 6 rings (SSSR count). The van der Waals surface area contributed by atoms with Crippen LogP contribution in [0.5, 0.6) is 0 Å². The summed E-state index contributed by atoms with van der Waals surface area (Å²) < 4.78 is 5.50. The van der Waals surface area contributed by atoms with Gasteiger partial charge in [0.05, 0.1) is 34.4 Å². The Kier molecular flexibility index (Phi) is 16.4. The van der Waals surface area contributed by atoms with Gasteiger partial charge < -0.3 is 35.6 Å². The second-order valence-corrected chi connectivity index (χ2v) is 20.9. The number of likely N-dealkylation sites (tertiary alicyclic amines) is 1. The summed E-state index contributed by atoms with van der Waals surface area (Å²) in [6.45, 7) is 14.5. The molecule has 2 aliphatic rings. The third kappa shape index (κ3) is 13.4. The average Bonchev–Trinajstić information content (AvgIpc) is 4.00. The number of hydrogen-bond donors (Lipinski definition) is 5. The van der Waals surface area contributed by atoms with E-state index in [-0.39, 0.29) is 55.7 Å². The van der Waals surface area contributed by atoms with E-state index in [1.165, 1.54) is 16.2 Å². The Balaban J connectivity index is 0.883. The number of anilines is 1. The van der Waals surface area contributed by atoms with Crippen molar-refractivity contribution in [1.82, 2.24) is 35.7 Å². The van der Waals surface area contributed by atoms with E-state index in [0.717, 1.165) is 45.1 Å². The fourth-order valence-corrected chi connectivity index (χ4v) is 9.59. The Morgan fingerprint density at radius 1 is 0.894 bits per heavy atom. The second-order valence-electron chi connectivity index (χ2n) is 18.9. The summed E-state index contributed by atoms with van der Waals surface area (Å²) in [6.07, 6.45) is 2.42. The van der Waals surface area contributed by atoms with Gasteiger partial charge in [-0.15, -0.1) is 11.3 Å². The number of nitrogens with zero attached hydrogens (tertiary/aromatic N) is 4. The fraction of sp³-hybridized carbons (Fsp3) is 0.500. The molecular weight excluding hydrogens is 881 g/mol. The van der Waals surface area contributed by atoms with Crippen molar-refractivity contribution < 1.29 is 38.6 Å². The smallest absolute Gasteiger partial charge is 0.410 e. The number of β-amino-alcohol motifs (C(OH)–C–C–N with tert-alkyl or cyclic N) is 1. The van der Waals surface area contributed by atoms with Crippen molar-refractivity contribution in [3.8, 4) is 10.4 Å². The Hall–Kier alpha value is -5.72. The highest BCUT2D eigenvalue weighted by Crippen LogP contribution is 2.31. The summed E-state index contributed by atoms with van der Waals surface area (Å²) in [6, 6.07) is 12.4. The molecule has 16 nitrogen and oxygen atoms in total. The van der Waals surface area contributed by atoms with Crippen molar-refractivity contribution >= 4 is 63.4 Å². The normalized spacial score (nSPS) is 16.5. The predicted octanol–water partition coefficient (Wildman–Crippen LogP) is 6.61. The maximum atomic E-state index is 14.0. The lowest BCUT2D eigenvalue weighted by molar-refractivity contribution is -0.144. The van der Waals surface area contributed by atoms with E-state index in [1.54, 1.807) is 40.5 Å². The monoisotopic (exact) mass is 942 g/mol. The first kappa shape index (κ1) is 49.7. The Morgan fingerprint density at radius 2 is 1.58 bits per heavy atom. The molecule has 0 radical (unpaired) electrons. The van der Waals surface area contributed by atoms with Crippen LogP contribution < -0.4 is 21.3 Å².